The van der Waals surface area contributed by atoms with Gasteiger partial charge in [0.05, 0.1) is 10.0 Å². The molecule has 1 heterocycles. The summed E-state index contributed by atoms with van der Waals surface area (Å²) in [5.41, 5.74) is 3.10. The summed E-state index contributed by atoms with van der Waals surface area (Å²) in [4.78, 5) is 30.3. The van der Waals surface area contributed by atoms with Gasteiger partial charge in [0.1, 0.15) is 0 Å². The van der Waals surface area contributed by atoms with Gasteiger partial charge in [-0.2, -0.15) is 0 Å². The Kier molecular flexibility index (Phi) is 10.1. The Labute approximate surface area is 231 Å². The van der Waals surface area contributed by atoms with E-state index in [0.29, 0.717) is 47.1 Å². The molecule has 2 aliphatic rings. The molecule has 0 N–H and O–H groups in total. The Bertz CT molecular complexity index is 1090. The predicted molar refractivity (Wildman–Crippen MR) is 153 cm³/mol. The van der Waals surface area contributed by atoms with E-state index in [0.717, 1.165) is 45.1 Å². The molecule has 1 saturated carbocycles. The largest absolute Gasteiger partial charge is 0.339 e. The van der Waals surface area contributed by atoms with Crippen LogP contribution in [-0.4, -0.2) is 47.8 Å². The number of nitrogens with zero attached hydrogens (tertiary/aromatic N) is 2. The minimum Gasteiger partial charge on any atom is -0.339 e. The van der Waals surface area contributed by atoms with Crippen LogP contribution in [0.1, 0.15) is 74.2 Å². The predicted octanol–water partition coefficient (Wildman–Crippen LogP) is 7.75. The number of hydrogen-bond acceptors (Lipinski definition) is 2. The fourth-order valence-electron chi connectivity index (χ4n) is 5.09. The number of likely N-dealkylation sites (tertiary alicyclic amines) is 1. The van der Waals surface area contributed by atoms with E-state index in [2.05, 4.69) is 42.2 Å². The third-order valence-corrected chi connectivity index (χ3v) is 8.19. The zero-order valence-corrected chi connectivity index (χ0v) is 23.3. The zero-order chi connectivity index (χ0) is 26.2. The minimum absolute atomic E-state index is 0.00747. The number of carbonyl (C=O) groups is 2. The van der Waals surface area contributed by atoms with Gasteiger partial charge in [-0.15, -0.1) is 0 Å². The summed E-state index contributed by atoms with van der Waals surface area (Å²) in [6.45, 7) is 5.08. The maximum atomic E-state index is 13.3. The number of benzene rings is 2. The molecular weight excluding hydrogens is 503 g/mol. The molecule has 37 heavy (non-hydrogen) atoms. The van der Waals surface area contributed by atoms with Gasteiger partial charge in [0, 0.05) is 37.7 Å². The molecule has 0 aromatic heterocycles. The summed E-state index contributed by atoms with van der Waals surface area (Å²) in [5, 5.41) is 0.850. The van der Waals surface area contributed by atoms with E-state index in [9.17, 15) is 9.59 Å². The standard InChI is InChI=1S/C31H38Cl2N2O2/c1-2-3-5-10-25(19-23-8-6-4-7-9-23)22-35(30(36)26-11-12-26)21-24-15-17-34(18-16-24)31(37)27-13-14-28(32)29(33)20-27/h4,6-9,13-14,19-20,24,26H,2-3,5,10-12,15-18,21-22H2,1H3. The van der Waals surface area contributed by atoms with Crippen molar-refractivity contribution in [3.8, 4) is 0 Å². The van der Waals surface area contributed by atoms with Crippen LogP contribution in [0.5, 0.6) is 0 Å². The average Bonchev–Trinajstić information content (AvgIpc) is 3.76. The van der Waals surface area contributed by atoms with Gasteiger partial charge in [0.25, 0.3) is 5.91 Å². The number of carbonyl (C=O) groups excluding carboxylic acids is 2. The molecule has 0 atom stereocenters. The highest BCUT2D eigenvalue weighted by Crippen LogP contribution is 2.33. The highest BCUT2D eigenvalue weighted by atomic mass is 35.5. The van der Waals surface area contributed by atoms with Crippen LogP contribution in [0.3, 0.4) is 0 Å². The zero-order valence-electron chi connectivity index (χ0n) is 21.8. The van der Waals surface area contributed by atoms with Gasteiger partial charge in [-0.3, -0.25) is 9.59 Å². The second-order valence-electron chi connectivity index (χ2n) is 10.5. The number of hydrogen-bond donors (Lipinski definition) is 0. The van der Waals surface area contributed by atoms with E-state index >= 15 is 0 Å². The topological polar surface area (TPSA) is 40.6 Å². The van der Waals surface area contributed by atoms with Crippen LogP contribution < -0.4 is 0 Å². The lowest BCUT2D eigenvalue weighted by Crippen LogP contribution is -2.43. The molecule has 6 heteroatoms. The van der Waals surface area contributed by atoms with E-state index < -0.39 is 0 Å². The number of unbranched alkanes of at least 4 members (excludes halogenated alkanes) is 2. The molecule has 2 aromatic carbocycles. The van der Waals surface area contributed by atoms with Crippen LogP contribution in [0, 0.1) is 11.8 Å². The van der Waals surface area contributed by atoms with Crippen LogP contribution in [0.4, 0.5) is 0 Å². The van der Waals surface area contributed by atoms with Crippen molar-refractivity contribution in [2.75, 3.05) is 26.2 Å². The van der Waals surface area contributed by atoms with Crippen LogP contribution in [0.2, 0.25) is 10.0 Å². The molecular formula is C31H38Cl2N2O2. The maximum absolute atomic E-state index is 13.3. The molecule has 0 bridgehead atoms. The van der Waals surface area contributed by atoms with E-state index in [1.807, 2.05) is 11.0 Å². The Hall–Kier alpha value is -2.30. The van der Waals surface area contributed by atoms with Crippen molar-refractivity contribution in [1.29, 1.82) is 0 Å². The van der Waals surface area contributed by atoms with Crippen molar-refractivity contribution in [1.82, 2.24) is 9.80 Å². The first-order chi connectivity index (χ1) is 17.9. The molecule has 1 saturated heterocycles. The van der Waals surface area contributed by atoms with Crippen LogP contribution in [0.15, 0.2) is 54.1 Å². The summed E-state index contributed by atoms with van der Waals surface area (Å²) < 4.78 is 0. The summed E-state index contributed by atoms with van der Waals surface area (Å²) in [5.74, 6) is 0.898. The molecule has 0 radical (unpaired) electrons. The second-order valence-corrected chi connectivity index (χ2v) is 11.3. The summed E-state index contributed by atoms with van der Waals surface area (Å²) in [7, 11) is 0. The van der Waals surface area contributed by atoms with Gasteiger partial charge in [-0.25, -0.2) is 0 Å². The summed E-state index contributed by atoms with van der Waals surface area (Å²) in [6, 6.07) is 15.5. The molecule has 0 spiro atoms. The molecule has 4 nitrogen and oxygen atoms in total. The fourth-order valence-corrected chi connectivity index (χ4v) is 5.39. The Morgan fingerprint density at radius 2 is 1.70 bits per heavy atom. The molecule has 198 valence electrons. The molecule has 0 unspecified atom stereocenters. The molecule has 2 fully saturated rings. The number of amides is 2. The molecule has 2 aromatic rings. The van der Waals surface area contributed by atoms with Crippen molar-refractivity contribution < 1.29 is 9.59 Å². The minimum atomic E-state index is -0.00747. The van der Waals surface area contributed by atoms with Gasteiger partial charge in [0.15, 0.2) is 0 Å². The van der Waals surface area contributed by atoms with E-state index in [-0.39, 0.29) is 11.8 Å². The third-order valence-electron chi connectivity index (χ3n) is 7.45. The van der Waals surface area contributed by atoms with E-state index in [1.165, 1.54) is 24.0 Å². The first-order valence-corrected chi connectivity index (χ1v) is 14.5. The lowest BCUT2D eigenvalue weighted by molar-refractivity contribution is -0.133. The highest BCUT2D eigenvalue weighted by molar-refractivity contribution is 6.42. The van der Waals surface area contributed by atoms with Gasteiger partial charge >= 0.3 is 0 Å². The van der Waals surface area contributed by atoms with Gasteiger partial charge in [0.2, 0.25) is 5.91 Å². The fraction of sp³-hybridized carbons (Fsp3) is 0.484. The van der Waals surface area contributed by atoms with E-state index in [1.54, 1.807) is 18.2 Å². The first-order valence-electron chi connectivity index (χ1n) is 13.7. The lowest BCUT2D eigenvalue weighted by atomic mass is 9.94. The van der Waals surface area contributed by atoms with Crippen LogP contribution >= 0.6 is 23.2 Å². The molecule has 4 rings (SSSR count). The Morgan fingerprint density at radius 1 is 0.973 bits per heavy atom. The van der Waals surface area contributed by atoms with Crippen molar-refractivity contribution >= 4 is 41.1 Å². The highest BCUT2D eigenvalue weighted by Gasteiger charge is 2.35. The van der Waals surface area contributed by atoms with Crippen LogP contribution in [0.25, 0.3) is 6.08 Å². The van der Waals surface area contributed by atoms with Gasteiger partial charge in [-0.1, -0.05) is 84.9 Å². The smallest absolute Gasteiger partial charge is 0.253 e. The molecule has 2 amide bonds. The second kappa shape index (κ2) is 13.5. The average molecular weight is 542 g/mol. The number of halogens is 2. The monoisotopic (exact) mass is 540 g/mol. The summed E-state index contributed by atoms with van der Waals surface area (Å²) in [6.07, 6.45) is 10.7. The van der Waals surface area contributed by atoms with Crippen molar-refractivity contribution in [2.45, 2.75) is 58.3 Å². The van der Waals surface area contributed by atoms with Gasteiger partial charge < -0.3 is 9.80 Å². The molecule has 1 aliphatic carbocycles. The molecule has 1 aliphatic heterocycles. The van der Waals surface area contributed by atoms with Crippen molar-refractivity contribution in [3.05, 3.63) is 75.3 Å². The van der Waals surface area contributed by atoms with Crippen molar-refractivity contribution in [2.24, 2.45) is 11.8 Å². The van der Waals surface area contributed by atoms with Crippen molar-refractivity contribution in [3.63, 3.8) is 0 Å². The SMILES string of the molecule is CCCCCC(=Cc1ccccc1)CN(CC1CCN(C(=O)c2ccc(Cl)c(Cl)c2)CC1)C(=O)C1CC1. The number of rotatable bonds is 11. The lowest BCUT2D eigenvalue weighted by Gasteiger charge is -2.35. The normalized spacial score (nSPS) is 16.6. The van der Waals surface area contributed by atoms with Crippen LogP contribution in [-0.2, 0) is 4.79 Å². The maximum Gasteiger partial charge on any atom is 0.253 e. The Balaban J connectivity index is 1.40. The Morgan fingerprint density at radius 3 is 2.35 bits per heavy atom. The van der Waals surface area contributed by atoms with Gasteiger partial charge in [-0.05, 0) is 68.2 Å². The first kappa shape index (κ1) is 27.7. The number of piperidine rings is 1. The summed E-state index contributed by atoms with van der Waals surface area (Å²) >= 11 is 12.1. The quantitative estimate of drug-likeness (QED) is 0.273. The van der Waals surface area contributed by atoms with E-state index in [4.69, 9.17) is 23.2 Å². The third kappa shape index (κ3) is 8.09.